The topological polar surface area (TPSA) is 97.9 Å². The number of aromatic nitrogens is 3. The van der Waals surface area contributed by atoms with Gasteiger partial charge in [-0.1, -0.05) is 50.2 Å². The molecule has 0 aliphatic carbocycles. The number of nitrogens with zero attached hydrogens (tertiary/aromatic N) is 4. The zero-order chi connectivity index (χ0) is 21.6. The van der Waals surface area contributed by atoms with E-state index in [-0.39, 0.29) is 17.5 Å². The summed E-state index contributed by atoms with van der Waals surface area (Å²) in [5.74, 6) is 1.19. The average Bonchev–Trinajstić information content (AvgIpc) is 3.15. The number of ether oxygens (including phenoxy) is 1. The van der Waals surface area contributed by atoms with Crippen molar-refractivity contribution in [3.63, 3.8) is 0 Å². The van der Waals surface area contributed by atoms with Gasteiger partial charge in [-0.25, -0.2) is 8.42 Å². The quantitative estimate of drug-likeness (QED) is 0.519. The highest BCUT2D eigenvalue weighted by Crippen LogP contribution is 2.20. The van der Waals surface area contributed by atoms with Crippen LogP contribution in [-0.4, -0.2) is 23.2 Å². The minimum Gasteiger partial charge on any atom is -0.486 e. The molecular formula is C22H24N4O3S. The number of rotatable bonds is 9. The number of sulfone groups is 1. The average molecular weight is 425 g/mol. The summed E-state index contributed by atoms with van der Waals surface area (Å²) in [6, 6.07) is 18.0. The summed E-state index contributed by atoms with van der Waals surface area (Å²) < 4.78 is 33.7. The van der Waals surface area contributed by atoms with Crippen molar-refractivity contribution in [2.24, 2.45) is 5.92 Å². The van der Waals surface area contributed by atoms with Crippen LogP contribution >= 0.6 is 0 Å². The number of para-hydroxylation sites is 1. The summed E-state index contributed by atoms with van der Waals surface area (Å²) in [4.78, 5) is 0. The van der Waals surface area contributed by atoms with Crippen LogP contribution in [0.25, 0.3) is 0 Å². The fourth-order valence-electron chi connectivity index (χ4n) is 2.96. The molecule has 0 radical (unpaired) electrons. The van der Waals surface area contributed by atoms with Gasteiger partial charge in [0.2, 0.25) is 15.0 Å². The first-order valence-corrected chi connectivity index (χ1v) is 11.4. The first-order valence-electron chi connectivity index (χ1n) is 9.71. The van der Waals surface area contributed by atoms with Gasteiger partial charge < -0.3 is 4.74 Å². The van der Waals surface area contributed by atoms with Crippen molar-refractivity contribution in [2.45, 2.75) is 44.3 Å². The van der Waals surface area contributed by atoms with Crippen LogP contribution in [0, 0.1) is 17.2 Å². The zero-order valence-electron chi connectivity index (χ0n) is 17.0. The van der Waals surface area contributed by atoms with Crippen LogP contribution in [0.15, 0.2) is 59.8 Å². The highest BCUT2D eigenvalue weighted by atomic mass is 32.2. The molecule has 2 aromatic carbocycles. The van der Waals surface area contributed by atoms with Crippen molar-refractivity contribution >= 4 is 9.84 Å². The van der Waals surface area contributed by atoms with Gasteiger partial charge in [0.1, 0.15) is 12.4 Å². The van der Waals surface area contributed by atoms with Crippen LogP contribution in [0.3, 0.4) is 0 Å². The molecule has 0 spiro atoms. The minimum absolute atomic E-state index is 0.0949. The Morgan fingerprint density at radius 2 is 1.77 bits per heavy atom. The van der Waals surface area contributed by atoms with Crippen LogP contribution < -0.4 is 4.74 Å². The first-order chi connectivity index (χ1) is 14.4. The second-order valence-electron chi connectivity index (χ2n) is 7.36. The van der Waals surface area contributed by atoms with E-state index in [0.717, 1.165) is 6.42 Å². The predicted octanol–water partition coefficient (Wildman–Crippen LogP) is 3.75. The minimum atomic E-state index is -3.80. The first kappa shape index (κ1) is 21.5. The molecular weight excluding hydrogens is 400 g/mol. The van der Waals surface area contributed by atoms with Crippen LogP contribution in [0.4, 0.5) is 0 Å². The van der Waals surface area contributed by atoms with Crippen molar-refractivity contribution in [1.29, 1.82) is 5.26 Å². The van der Waals surface area contributed by atoms with E-state index in [2.05, 4.69) is 24.0 Å². The predicted molar refractivity (Wildman–Crippen MR) is 112 cm³/mol. The SMILES string of the molecule is CC(C)CCn1c(COc2ccccc2)nnc1S(=O)(=O)Cc1ccccc1C#N. The maximum atomic E-state index is 13.1. The summed E-state index contributed by atoms with van der Waals surface area (Å²) in [5, 5.41) is 17.3. The molecule has 0 saturated heterocycles. The fourth-order valence-corrected chi connectivity index (χ4v) is 4.44. The summed E-state index contributed by atoms with van der Waals surface area (Å²) in [7, 11) is -3.80. The molecule has 0 fully saturated rings. The Bertz CT molecular complexity index is 1130. The van der Waals surface area contributed by atoms with E-state index in [9.17, 15) is 13.7 Å². The normalized spacial score (nSPS) is 11.4. The van der Waals surface area contributed by atoms with Gasteiger partial charge >= 0.3 is 0 Å². The van der Waals surface area contributed by atoms with Crippen molar-refractivity contribution in [1.82, 2.24) is 14.8 Å². The molecule has 0 amide bonds. The summed E-state index contributed by atoms with van der Waals surface area (Å²) in [5.41, 5.74) is 0.780. The lowest BCUT2D eigenvalue weighted by molar-refractivity contribution is 0.285. The number of hydrogen-bond donors (Lipinski definition) is 0. The van der Waals surface area contributed by atoms with E-state index in [1.807, 2.05) is 36.4 Å². The monoisotopic (exact) mass is 424 g/mol. The molecule has 0 atom stereocenters. The Hall–Kier alpha value is -3.18. The standard InChI is InChI=1S/C22H24N4O3S/c1-17(2)12-13-26-21(15-29-20-10-4-3-5-11-20)24-25-22(26)30(27,28)16-19-9-7-6-8-18(19)14-23/h3-11,17H,12-13,15-16H2,1-2H3. The Morgan fingerprint density at radius 3 is 2.47 bits per heavy atom. The second kappa shape index (κ2) is 9.55. The molecule has 3 rings (SSSR count). The smallest absolute Gasteiger partial charge is 0.250 e. The lowest BCUT2D eigenvalue weighted by atomic mass is 10.1. The van der Waals surface area contributed by atoms with Gasteiger partial charge in [0.05, 0.1) is 17.4 Å². The van der Waals surface area contributed by atoms with E-state index in [4.69, 9.17) is 4.74 Å². The van der Waals surface area contributed by atoms with Crippen LogP contribution in [0.2, 0.25) is 0 Å². The summed E-state index contributed by atoms with van der Waals surface area (Å²) in [6.07, 6.45) is 0.772. The van der Waals surface area contributed by atoms with Crippen molar-refractivity contribution < 1.29 is 13.2 Å². The molecule has 1 heterocycles. The van der Waals surface area contributed by atoms with Crippen LogP contribution in [-0.2, 0) is 28.7 Å². The zero-order valence-corrected chi connectivity index (χ0v) is 17.8. The molecule has 1 aromatic heterocycles. The van der Waals surface area contributed by atoms with Crippen molar-refractivity contribution in [3.8, 4) is 11.8 Å². The van der Waals surface area contributed by atoms with Gasteiger partial charge in [0, 0.05) is 6.54 Å². The second-order valence-corrected chi connectivity index (χ2v) is 9.25. The van der Waals surface area contributed by atoms with E-state index in [1.165, 1.54) is 0 Å². The molecule has 8 heteroatoms. The lowest BCUT2D eigenvalue weighted by Gasteiger charge is -2.13. The van der Waals surface area contributed by atoms with E-state index in [0.29, 0.717) is 35.2 Å². The largest absolute Gasteiger partial charge is 0.486 e. The molecule has 0 saturated carbocycles. The van der Waals surface area contributed by atoms with E-state index >= 15 is 0 Å². The fraction of sp³-hybridized carbons (Fsp3) is 0.318. The Morgan fingerprint density at radius 1 is 1.07 bits per heavy atom. The molecule has 0 aliphatic rings. The van der Waals surface area contributed by atoms with Gasteiger partial charge in [0.15, 0.2) is 5.82 Å². The highest BCUT2D eigenvalue weighted by molar-refractivity contribution is 7.90. The van der Waals surface area contributed by atoms with E-state index in [1.54, 1.807) is 28.8 Å². The number of benzene rings is 2. The number of hydrogen-bond acceptors (Lipinski definition) is 6. The summed E-state index contributed by atoms with van der Waals surface area (Å²) >= 11 is 0. The molecule has 3 aromatic rings. The summed E-state index contributed by atoms with van der Waals surface area (Å²) in [6.45, 7) is 4.72. The van der Waals surface area contributed by atoms with Gasteiger partial charge in [-0.05, 0) is 36.1 Å². The molecule has 7 nitrogen and oxygen atoms in total. The Kier molecular flexibility index (Phi) is 6.85. The van der Waals surface area contributed by atoms with Gasteiger partial charge in [-0.2, -0.15) is 5.26 Å². The highest BCUT2D eigenvalue weighted by Gasteiger charge is 2.26. The van der Waals surface area contributed by atoms with Gasteiger partial charge in [-0.3, -0.25) is 4.57 Å². The lowest BCUT2D eigenvalue weighted by Crippen LogP contribution is -2.17. The molecule has 156 valence electrons. The molecule has 0 bridgehead atoms. The molecule has 0 N–H and O–H groups in total. The Labute approximate surface area is 176 Å². The third kappa shape index (κ3) is 5.24. The molecule has 30 heavy (non-hydrogen) atoms. The molecule has 0 unspecified atom stereocenters. The molecule has 0 aliphatic heterocycles. The van der Waals surface area contributed by atoms with Crippen LogP contribution in [0.1, 0.15) is 37.2 Å². The number of nitriles is 1. The van der Waals surface area contributed by atoms with Gasteiger partial charge in [0.25, 0.3) is 0 Å². The van der Waals surface area contributed by atoms with Crippen molar-refractivity contribution in [3.05, 3.63) is 71.5 Å². The van der Waals surface area contributed by atoms with Crippen LogP contribution in [0.5, 0.6) is 5.75 Å². The third-order valence-corrected chi connectivity index (χ3v) is 6.15. The Balaban J connectivity index is 1.90. The van der Waals surface area contributed by atoms with Gasteiger partial charge in [-0.15, -0.1) is 10.2 Å². The maximum Gasteiger partial charge on any atom is 0.250 e. The van der Waals surface area contributed by atoms with E-state index < -0.39 is 9.84 Å². The maximum absolute atomic E-state index is 13.1. The van der Waals surface area contributed by atoms with Crippen molar-refractivity contribution in [2.75, 3.05) is 0 Å². The third-order valence-electron chi connectivity index (χ3n) is 4.60.